The van der Waals surface area contributed by atoms with Gasteiger partial charge in [0.15, 0.2) is 5.82 Å². The topological polar surface area (TPSA) is 56.0 Å². The van der Waals surface area contributed by atoms with Crippen molar-refractivity contribution in [2.24, 2.45) is 13.0 Å². The molecule has 4 rings (SSSR count). The second kappa shape index (κ2) is 5.83. The summed E-state index contributed by atoms with van der Waals surface area (Å²) < 4.78 is 4.06. The van der Waals surface area contributed by atoms with Gasteiger partial charge in [0, 0.05) is 26.3 Å². The van der Waals surface area contributed by atoms with Crippen molar-refractivity contribution in [1.29, 1.82) is 0 Å². The number of carbonyl (C=O) groups is 1. The SMILES string of the molecule is Cn1cccc1C(=O)N1CCCC[C@H]1c1nncn1CC1CC1. The Hall–Kier alpha value is -2.11. The first kappa shape index (κ1) is 14.5. The molecule has 0 aromatic carbocycles. The van der Waals surface area contributed by atoms with Gasteiger partial charge in [-0.1, -0.05) is 0 Å². The molecule has 0 N–H and O–H groups in total. The normalized spacial score (nSPS) is 21.6. The Labute approximate surface area is 136 Å². The predicted octanol–water partition coefficient (Wildman–Crippen LogP) is 2.39. The summed E-state index contributed by atoms with van der Waals surface area (Å²) in [6.45, 7) is 1.79. The highest BCUT2D eigenvalue weighted by Crippen LogP contribution is 2.34. The van der Waals surface area contributed by atoms with Gasteiger partial charge in [-0.25, -0.2) is 0 Å². The van der Waals surface area contributed by atoms with Crippen LogP contribution in [-0.4, -0.2) is 36.7 Å². The van der Waals surface area contributed by atoms with E-state index >= 15 is 0 Å². The van der Waals surface area contributed by atoms with Gasteiger partial charge in [0.2, 0.25) is 0 Å². The van der Waals surface area contributed by atoms with E-state index in [1.807, 2.05) is 41.2 Å². The minimum Gasteiger partial charge on any atom is -0.347 e. The summed E-state index contributed by atoms with van der Waals surface area (Å²) in [7, 11) is 1.92. The number of rotatable bonds is 4. The van der Waals surface area contributed by atoms with Crippen molar-refractivity contribution < 1.29 is 4.79 Å². The molecule has 0 bridgehead atoms. The summed E-state index contributed by atoms with van der Waals surface area (Å²) in [4.78, 5) is 15.0. The van der Waals surface area contributed by atoms with E-state index in [1.54, 1.807) is 0 Å². The second-order valence-corrected chi connectivity index (χ2v) is 6.80. The fourth-order valence-corrected chi connectivity index (χ4v) is 3.51. The molecule has 1 amide bonds. The fourth-order valence-electron chi connectivity index (χ4n) is 3.51. The zero-order valence-electron chi connectivity index (χ0n) is 13.6. The molecule has 1 atom stereocenters. The third kappa shape index (κ3) is 2.78. The number of amides is 1. The smallest absolute Gasteiger partial charge is 0.271 e. The largest absolute Gasteiger partial charge is 0.347 e. The molecule has 6 nitrogen and oxygen atoms in total. The summed E-state index contributed by atoms with van der Waals surface area (Å²) in [6, 6.07) is 3.86. The fraction of sp³-hybridized carbons (Fsp3) is 0.588. The molecule has 2 fully saturated rings. The zero-order chi connectivity index (χ0) is 15.8. The van der Waals surface area contributed by atoms with E-state index in [-0.39, 0.29) is 11.9 Å². The summed E-state index contributed by atoms with van der Waals surface area (Å²) in [5.41, 5.74) is 0.741. The molecule has 0 spiro atoms. The van der Waals surface area contributed by atoms with Crippen LogP contribution in [0.2, 0.25) is 0 Å². The highest BCUT2D eigenvalue weighted by Gasteiger charge is 2.33. The number of carbonyl (C=O) groups excluding carboxylic acids is 1. The average molecular weight is 313 g/mol. The van der Waals surface area contributed by atoms with Crippen molar-refractivity contribution in [3.63, 3.8) is 0 Å². The van der Waals surface area contributed by atoms with E-state index in [2.05, 4.69) is 14.8 Å². The van der Waals surface area contributed by atoms with Crippen LogP contribution in [0.15, 0.2) is 24.7 Å². The molecule has 1 saturated heterocycles. The molecule has 0 unspecified atom stereocenters. The van der Waals surface area contributed by atoms with Crippen LogP contribution in [0.3, 0.4) is 0 Å². The quantitative estimate of drug-likeness (QED) is 0.871. The van der Waals surface area contributed by atoms with Crippen molar-refractivity contribution in [2.45, 2.75) is 44.7 Å². The van der Waals surface area contributed by atoms with Gasteiger partial charge in [-0.2, -0.15) is 0 Å². The lowest BCUT2D eigenvalue weighted by Gasteiger charge is -2.35. The Kier molecular flexibility index (Phi) is 3.67. The lowest BCUT2D eigenvalue weighted by Crippen LogP contribution is -2.40. The molecule has 3 heterocycles. The second-order valence-electron chi connectivity index (χ2n) is 6.80. The maximum absolute atomic E-state index is 13.0. The van der Waals surface area contributed by atoms with E-state index in [1.165, 1.54) is 12.8 Å². The molecule has 6 heteroatoms. The van der Waals surface area contributed by atoms with Crippen molar-refractivity contribution >= 4 is 5.91 Å². The van der Waals surface area contributed by atoms with E-state index in [9.17, 15) is 4.79 Å². The molecule has 1 aliphatic carbocycles. The maximum Gasteiger partial charge on any atom is 0.271 e. The third-order valence-corrected chi connectivity index (χ3v) is 5.02. The van der Waals surface area contributed by atoms with Crippen LogP contribution in [0.5, 0.6) is 0 Å². The third-order valence-electron chi connectivity index (χ3n) is 5.02. The molecular weight excluding hydrogens is 290 g/mol. The van der Waals surface area contributed by atoms with Gasteiger partial charge >= 0.3 is 0 Å². The Morgan fingerprint density at radius 2 is 2.17 bits per heavy atom. The molecule has 2 aromatic heterocycles. The van der Waals surface area contributed by atoms with Crippen LogP contribution < -0.4 is 0 Å². The van der Waals surface area contributed by atoms with Crippen molar-refractivity contribution in [2.75, 3.05) is 6.54 Å². The number of hydrogen-bond acceptors (Lipinski definition) is 3. The zero-order valence-corrected chi connectivity index (χ0v) is 13.6. The first-order valence-electron chi connectivity index (χ1n) is 8.54. The molecule has 2 aromatic rings. The van der Waals surface area contributed by atoms with Gasteiger partial charge in [-0.05, 0) is 50.2 Å². The van der Waals surface area contributed by atoms with Crippen LogP contribution >= 0.6 is 0 Å². The van der Waals surface area contributed by atoms with Crippen LogP contribution in [-0.2, 0) is 13.6 Å². The summed E-state index contributed by atoms with van der Waals surface area (Å²) in [6.07, 6.45) is 9.51. The van der Waals surface area contributed by atoms with Crippen molar-refractivity contribution in [1.82, 2.24) is 24.2 Å². The number of likely N-dealkylation sites (tertiary alicyclic amines) is 1. The number of piperidine rings is 1. The van der Waals surface area contributed by atoms with Gasteiger partial charge in [0.1, 0.15) is 12.0 Å². The van der Waals surface area contributed by atoms with Crippen molar-refractivity contribution in [3.8, 4) is 0 Å². The number of aromatic nitrogens is 4. The van der Waals surface area contributed by atoms with E-state index in [4.69, 9.17) is 0 Å². The minimum atomic E-state index is 0.0485. The van der Waals surface area contributed by atoms with Gasteiger partial charge in [-0.3, -0.25) is 4.79 Å². The standard InChI is InChI=1S/C17H23N5O/c1-20-9-4-6-15(20)17(23)22-10-3-2-5-14(22)16-19-18-12-21(16)11-13-7-8-13/h4,6,9,12-14H,2-3,5,7-8,10-11H2,1H3/t14-/m0/s1. The van der Waals surface area contributed by atoms with Crippen LogP contribution in [0, 0.1) is 5.92 Å². The number of aryl methyl sites for hydroxylation is 1. The van der Waals surface area contributed by atoms with E-state index in [0.717, 1.165) is 49.8 Å². The lowest BCUT2D eigenvalue weighted by molar-refractivity contribution is 0.0584. The minimum absolute atomic E-state index is 0.0485. The molecule has 0 radical (unpaired) electrons. The van der Waals surface area contributed by atoms with Crippen molar-refractivity contribution in [3.05, 3.63) is 36.2 Å². The van der Waals surface area contributed by atoms with E-state index < -0.39 is 0 Å². The summed E-state index contributed by atoms with van der Waals surface area (Å²) in [5.74, 6) is 1.83. The van der Waals surface area contributed by atoms with Crippen LogP contribution in [0.1, 0.15) is 54.5 Å². The first-order chi connectivity index (χ1) is 11.2. The first-order valence-corrected chi connectivity index (χ1v) is 8.54. The maximum atomic E-state index is 13.0. The average Bonchev–Trinajstić information content (AvgIpc) is 3.08. The van der Waals surface area contributed by atoms with Crippen LogP contribution in [0.25, 0.3) is 0 Å². The molecule has 23 heavy (non-hydrogen) atoms. The Balaban J connectivity index is 1.61. The Morgan fingerprint density at radius 3 is 2.91 bits per heavy atom. The molecule has 122 valence electrons. The Bertz CT molecular complexity index is 699. The molecule has 2 aliphatic rings. The highest BCUT2D eigenvalue weighted by molar-refractivity contribution is 5.93. The van der Waals surface area contributed by atoms with Crippen LogP contribution in [0.4, 0.5) is 0 Å². The Morgan fingerprint density at radius 1 is 1.30 bits per heavy atom. The van der Waals surface area contributed by atoms with E-state index in [0.29, 0.717) is 0 Å². The highest BCUT2D eigenvalue weighted by atomic mass is 16.2. The summed E-state index contributed by atoms with van der Waals surface area (Å²) in [5, 5.41) is 8.49. The van der Waals surface area contributed by atoms with Gasteiger partial charge < -0.3 is 14.0 Å². The van der Waals surface area contributed by atoms with Gasteiger partial charge in [-0.15, -0.1) is 10.2 Å². The number of nitrogens with zero attached hydrogens (tertiary/aromatic N) is 5. The number of hydrogen-bond donors (Lipinski definition) is 0. The van der Waals surface area contributed by atoms with Gasteiger partial charge in [0.05, 0.1) is 6.04 Å². The summed E-state index contributed by atoms with van der Waals surface area (Å²) >= 11 is 0. The monoisotopic (exact) mass is 313 g/mol. The predicted molar refractivity (Wildman–Crippen MR) is 85.8 cm³/mol. The molecular formula is C17H23N5O. The van der Waals surface area contributed by atoms with Gasteiger partial charge in [0.25, 0.3) is 5.91 Å². The lowest BCUT2D eigenvalue weighted by atomic mass is 10.0. The molecule has 1 aliphatic heterocycles. The molecule has 1 saturated carbocycles.